The molecular weight excluding hydrogens is 310 g/mol. The fourth-order valence-corrected chi connectivity index (χ4v) is 2.44. The van der Waals surface area contributed by atoms with Crippen LogP contribution < -0.4 is 10.6 Å². The number of fused-ring (bicyclic) bond motifs is 1. The summed E-state index contributed by atoms with van der Waals surface area (Å²) in [4.78, 5) is 49.1. The third-order valence-electron chi connectivity index (χ3n) is 3.76. The van der Waals surface area contributed by atoms with Crippen LogP contribution in [0.1, 0.15) is 47.4 Å². The van der Waals surface area contributed by atoms with Crippen LogP contribution in [0, 0.1) is 0 Å². The van der Waals surface area contributed by atoms with Crippen molar-refractivity contribution in [1.29, 1.82) is 0 Å². The van der Waals surface area contributed by atoms with Crippen molar-refractivity contribution in [2.24, 2.45) is 0 Å². The van der Waals surface area contributed by atoms with Crippen molar-refractivity contribution in [3.8, 4) is 0 Å². The van der Waals surface area contributed by atoms with E-state index in [1.54, 1.807) is 31.2 Å². The van der Waals surface area contributed by atoms with Crippen LogP contribution in [0.25, 0.3) is 0 Å². The van der Waals surface area contributed by atoms with E-state index in [4.69, 9.17) is 0 Å². The van der Waals surface area contributed by atoms with Gasteiger partial charge in [-0.05, 0) is 25.5 Å². The van der Waals surface area contributed by atoms with E-state index < -0.39 is 17.9 Å². The molecule has 1 aliphatic rings. The Bertz CT molecular complexity index is 637. The number of carbonyl (C=O) groups is 4. The molecule has 0 unspecified atom stereocenters. The molecule has 0 radical (unpaired) electrons. The molecule has 0 spiro atoms. The van der Waals surface area contributed by atoms with Crippen LogP contribution in [0.5, 0.6) is 0 Å². The number of nitrogens with one attached hydrogen (secondary N) is 2. The lowest BCUT2D eigenvalue weighted by molar-refractivity contribution is -0.128. The SMILES string of the molecule is CCCNC(=O)[C@@H](C)NC(=O)CCN1C(=O)c2ccccc2C1=O. The maximum atomic E-state index is 12.2. The van der Waals surface area contributed by atoms with Gasteiger partial charge in [-0.25, -0.2) is 0 Å². The van der Waals surface area contributed by atoms with Gasteiger partial charge in [-0.2, -0.15) is 0 Å². The average Bonchev–Trinajstić information content (AvgIpc) is 2.82. The highest BCUT2D eigenvalue weighted by molar-refractivity contribution is 6.21. The summed E-state index contributed by atoms with van der Waals surface area (Å²) in [5, 5.41) is 5.25. The van der Waals surface area contributed by atoms with Gasteiger partial charge in [-0.15, -0.1) is 0 Å². The normalized spacial score (nSPS) is 14.3. The van der Waals surface area contributed by atoms with Crippen LogP contribution in [-0.4, -0.2) is 47.7 Å². The molecule has 128 valence electrons. The third-order valence-corrected chi connectivity index (χ3v) is 3.76. The van der Waals surface area contributed by atoms with Gasteiger partial charge in [-0.1, -0.05) is 19.1 Å². The zero-order chi connectivity index (χ0) is 17.7. The first-order valence-electron chi connectivity index (χ1n) is 7.98. The van der Waals surface area contributed by atoms with E-state index >= 15 is 0 Å². The molecule has 0 bridgehead atoms. The second kappa shape index (κ2) is 7.72. The number of hydrogen-bond acceptors (Lipinski definition) is 4. The lowest BCUT2D eigenvalue weighted by Gasteiger charge is -2.16. The third kappa shape index (κ3) is 3.79. The van der Waals surface area contributed by atoms with Crippen LogP contribution in [0.3, 0.4) is 0 Å². The number of benzene rings is 1. The first kappa shape index (κ1) is 17.7. The Morgan fingerprint density at radius 3 is 2.25 bits per heavy atom. The zero-order valence-electron chi connectivity index (χ0n) is 13.8. The smallest absolute Gasteiger partial charge is 0.261 e. The fourth-order valence-electron chi connectivity index (χ4n) is 2.44. The van der Waals surface area contributed by atoms with Crippen molar-refractivity contribution in [3.05, 3.63) is 35.4 Å². The predicted octanol–water partition coefficient (Wildman–Crippen LogP) is 0.704. The molecular formula is C17H21N3O4. The zero-order valence-corrected chi connectivity index (χ0v) is 13.8. The first-order chi connectivity index (χ1) is 11.5. The van der Waals surface area contributed by atoms with Gasteiger partial charge in [0.1, 0.15) is 6.04 Å². The average molecular weight is 331 g/mol. The molecule has 0 fully saturated rings. The number of imide groups is 1. The van der Waals surface area contributed by atoms with Crippen molar-refractivity contribution < 1.29 is 19.2 Å². The molecule has 0 saturated heterocycles. The number of nitrogens with zero attached hydrogens (tertiary/aromatic N) is 1. The molecule has 7 nitrogen and oxygen atoms in total. The van der Waals surface area contributed by atoms with Crippen molar-refractivity contribution in [2.45, 2.75) is 32.7 Å². The Morgan fingerprint density at radius 1 is 1.12 bits per heavy atom. The van der Waals surface area contributed by atoms with Crippen molar-refractivity contribution in [2.75, 3.05) is 13.1 Å². The molecule has 1 aromatic rings. The molecule has 1 atom stereocenters. The van der Waals surface area contributed by atoms with Gasteiger partial charge in [0.15, 0.2) is 0 Å². The summed E-state index contributed by atoms with van der Waals surface area (Å²) in [6, 6.07) is 5.91. The second-order valence-corrected chi connectivity index (χ2v) is 5.64. The monoisotopic (exact) mass is 331 g/mol. The number of amides is 4. The Hall–Kier alpha value is -2.70. The Labute approximate surface area is 140 Å². The molecule has 0 aromatic heterocycles. The summed E-state index contributed by atoms with van der Waals surface area (Å²) in [6.45, 7) is 4.06. The van der Waals surface area contributed by atoms with Gasteiger partial charge >= 0.3 is 0 Å². The van der Waals surface area contributed by atoms with E-state index in [-0.39, 0.29) is 24.8 Å². The number of hydrogen-bond donors (Lipinski definition) is 2. The van der Waals surface area contributed by atoms with Crippen LogP contribution >= 0.6 is 0 Å². The van der Waals surface area contributed by atoms with Crippen LogP contribution in [-0.2, 0) is 9.59 Å². The molecule has 2 N–H and O–H groups in total. The quantitative estimate of drug-likeness (QED) is 0.719. The maximum absolute atomic E-state index is 12.2. The summed E-state index contributed by atoms with van der Waals surface area (Å²) in [5.41, 5.74) is 0.713. The van der Waals surface area contributed by atoms with E-state index in [0.29, 0.717) is 17.7 Å². The van der Waals surface area contributed by atoms with E-state index in [1.807, 2.05) is 6.92 Å². The summed E-state index contributed by atoms with van der Waals surface area (Å²) >= 11 is 0. The molecule has 2 rings (SSSR count). The molecule has 1 heterocycles. The van der Waals surface area contributed by atoms with Gasteiger partial charge < -0.3 is 10.6 Å². The van der Waals surface area contributed by atoms with Crippen LogP contribution in [0.2, 0.25) is 0 Å². The molecule has 24 heavy (non-hydrogen) atoms. The number of carbonyl (C=O) groups excluding carboxylic acids is 4. The highest BCUT2D eigenvalue weighted by Gasteiger charge is 2.35. The Kier molecular flexibility index (Phi) is 5.68. The van der Waals surface area contributed by atoms with Crippen molar-refractivity contribution >= 4 is 23.6 Å². The topological polar surface area (TPSA) is 95.6 Å². The molecule has 0 saturated carbocycles. The Morgan fingerprint density at radius 2 is 1.71 bits per heavy atom. The summed E-state index contributed by atoms with van der Waals surface area (Å²) in [5.74, 6) is -1.43. The van der Waals surface area contributed by atoms with Crippen LogP contribution in [0.15, 0.2) is 24.3 Å². The van der Waals surface area contributed by atoms with E-state index in [0.717, 1.165) is 11.3 Å². The van der Waals surface area contributed by atoms with Gasteiger partial charge in [0.05, 0.1) is 11.1 Å². The second-order valence-electron chi connectivity index (χ2n) is 5.64. The van der Waals surface area contributed by atoms with Gasteiger partial charge in [0.2, 0.25) is 11.8 Å². The van der Waals surface area contributed by atoms with E-state index in [1.165, 1.54) is 0 Å². The molecule has 7 heteroatoms. The highest BCUT2D eigenvalue weighted by atomic mass is 16.2. The minimum Gasteiger partial charge on any atom is -0.354 e. The minimum atomic E-state index is -0.661. The Balaban J connectivity index is 1.86. The maximum Gasteiger partial charge on any atom is 0.261 e. The molecule has 0 aliphatic carbocycles. The summed E-state index contributed by atoms with van der Waals surface area (Å²) in [7, 11) is 0. The minimum absolute atomic E-state index is 0.0124. The van der Waals surface area contributed by atoms with E-state index in [2.05, 4.69) is 10.6 Å². The largest absolute Gasteiger partial charge is 0.354 e. The van der Waals surface area contributed by atoms with Crippen LogP contribution in [0.4, 0.5) is 0 Å². The molecule has 1 aliphatic heterocycles. The molecule has 1 aromatic carbocycles. The molecule has 4 amide bonds. The van der Waals surface area contributed by atoms with Gasteiger partial charge in [0, 0.05) is 19.5 Å². The lowest BCUT2D eigenvalue weighted by atomic mass is 10.1. The van der Waals surface area contributed by atoms with Gasteiger partial charge in [-0.3, -0.25) is 24.1 Å². The van der Waals surface area contributed by atoms with Crippen molar-refractivity contribution in [3.63, 3.8) is 0 Å². The standard InChI is InChI=1S/C17H21N3O4/c1-3-9-18-15(22)11(2)19-14(21)8-10-20-16(23)12-6-4-5-7-13(12)17(20)24/h4-7,11H,3,8-10H2,1-2H3,(H,18,22)(H,19,21)/t11-/m1/s1. The number of rotatable bonds is 7. The lowest BCUT2D eigenvalue weighted by Crippen LogP contribution is -2.45. The summed E-state index contributed by atoms with van der Waals surface area (Å²) in [6.07, 6.45) is 0.767. The summed E-state index contributed by atoms with van der Waals surface area (Å²) < 4.78 is 0. The van der Waals surface area contributed by atoms with E-state index in [9.17, 15) is 19.2 Å². The first-order valence-corrected chi connectivity index (χ1v) is 7.98. The fraction of sp³-hybridized carbons (Fsp3) is 0.412. The highest BCUT2D eigenvalue weighted by Crippen LogP contribution is 2.22. The van der Waals surface area contributed by atoms with Crippen molar-refractivity contribution in [1.82, 2.24) is 15.5 Å². The van der Waals surface area contributed by atoms with Gasteiger partial charge in [0.25, 0.3) is 11.8 Å². The predicted molar refractivity (Wildman–Crippen MR) is 87.3 cm³/mol.